The van der Waals surface area contributed by atoms with Gasteiger partial charge < -0.3 is 0 Å². The van der Waals surface area contributed by atoms with Crippen LogP contribution < -0.4 is 0 Å². The highest BCUT2D eigenvalue weighted by atomic mass is 127. The molecule has 5 heteroatoms. The third-order valence-electron chi connectivity index (χ3n) is 2.22. The Morgan fingerprint density at radius 3 is 2.62 bits per heavy atom. The van der Waals surface area contributed by atoms with Crippen molar-refractivity contribution in [1.82, 2.24) is 15.0 Å². The molecule has 0 radical (unpaired) electrons. The summed E-state index contributed by atoms with van der Waals surface area (Å²) in [7, 11) is 0. The van der Waals surface area contributed by atoms with Crippen molar-refractivity contribution in [3.8, 4) is 0 Å². The molecule has 0 aliphatic carbocycles. The van der Waals surface area contributed by atoms with Gasteiger partial charge in [-0.25, -0.2) is 4.68 Å². The summed E-state index contributed by atoms with van der Waals surface area (Å²) in [6.45, 7) is 2.62. The van der Waals surface area contributed by atoms with Crippen molar-refractivity contribution >= 4 is 34.2 Å². The second-order valence-electron chi connectivity index (χ2n) is 3.58. The molecule has 2 aromatic rings. The number of aromatic nitrogens is 3. The van der Waals surface area contributed by atoms with Crippen LogP contribution in [0.25, 0.3) is 0 Å². The van der Waals surface area contributed by atoms with Crippen molar-refractivity contribution in [2.75, 3.05) is 0 Å². The summed E-state index contributed by atoms with van der Waals surface area (Å²) in [5, 5.41) is 7.95. The maximum Gasteiger partial charge on any atom is 0.100 e. The van der Waals surface area contributed by atoms with Crippen LogP contribution in [0.2, 0.25) is 0 Å². The van der Waals surface area contributed by atoms with Gasteiger partial charge in [0.2, 0.25) is 0 Å². The van der Waals surface area contributed by atoms with Crippen LogP contribution >= 0.6 is 34.2 Å². The molecule has 16 heavy (non-hydrogen) atoms. The third-order valence-corrected chi connectivity index (χ3v) is 3.16. The van der Waals surface area contributed by atoms with Gasteiger partial charge in [0.15, 0.2) is 0 Å². The molecule has 1 atom stereocenters. The van der Waals surface area contributed by atoms with Gasteiger partial charge in [0.25, 0.3) is 0 Å². The Morgan fingerprint density at radius 1 is 1.38 bits per heavy atom. The Morgan fingerprint density at radius 2 is 2.06 bits per heavy atom. The molecule has 3 nitrogen and oxygen atoms in total. The van der Waals surface area contributed by atoms with E-state index in [9.17, 15) is 0 Å². The lowest BCUT2D eigenvalue weighted by molar-refractivity contribution is 0.649. The second kappa shape index (κ2) is 5.14. The zero-order chi connectivity index (χ0) is 11.5. The van der Waals surface area contributed by atoms with E-state index < -0.39 is 0 Å². The fourth-order valence-corrected chi connectivity index (χ4v) is 1.81. The van der Waals surface area contributed by atoms with Crippen LogP contribution in [0.5, 0.6) is 0 Å². The van der Waals surface area contributed by atoms with Crippen molar-refractivity contribution in [2.24, 2.45) is 0 Å². The number of hydrogen-bond acceptors (Lipinski definition) is 2. The number of nitrogens with zero attached hydrogens (tertiary/aromatic N) is 3. The highest BCUT2D eigenvalue weighted by Gasteiger charge is 2.06. The third kappa shape index (κ3) is 2.95. The Hall–Kier alpha value is -0.620. The molecular formula is C11H11ClIN3. The summed E-state index contributed by atoms with van der Waals surface area (Å²) in [5.74, 6) is 0. The molecule has 0 saturated heterocycles. The normalized spacial score (nSPS) is 12.7. The number of alkyl halides is 1. The Bertz CT molecular complexity index is 464. The molecule has 1 heterocycles. The van der Waals surface area contributed by atoms with Crippen molar-refractivity contribution in [3.05, 3.63) is 45.3 Å². The van der Waals surface area contributed by atoms with E-state index in [4.69, 9.17) is 11.6 Å². The molecule has 0 aliphatic heterocycles. The van der Waals surface area contributed by atoms with E-state index in [2.05, 4.69) is 57.2 Å². The molecule has 1 unspecified atom stereocenters. The minimum atomic E-state index is -0.0922. The minimum absolute atomic E-state index is 0.0922. The standard InChI is InChI=1S/C11H11ClIN3/c1-8(12)11-7-16(15-14-11)6-9-2-4-10(13)5-3-9/h2-5,7-8H,6H2,1H3. The monoisotopic (exact) mass is 347 g/mol. The predicted molar refractivity (Wildman–Crippen MR) is 72.6 cm³/mol. The van der Waals surface area contributed by atoms with Gasteiger partial charge in [-0.3, -0.25) is 0 Å². The lowest BCUT2D eigenvalue weighted by Gasteiger charge is -2.00. The fraction of sp³-hybridized carbons (Fsp3) is 0.273. The lowest BCUT2D eigenvalue weighted by Crippen LogP contribution is -2.00. The summed E-state index contributed by atoms with van der Waals surface area (Å²) in [4.78, 5) is 0. The van der Waals surface area contributed by atoms with Gasteiger partial charge in [-0.2, -0.15) is 0 Å². The minimum Gasteiger partial charge on any atom is -0.248 e. The van der Waals surface area contributed by atoms with Gasteiger partial charge in [0.05, 0.1) is 18.1 Å². The zero-order valence-electron chi connectivity index (χ0n) is 8.77. The molecule has 84 valence electrons. The maximum atomic E-state index is 5.92. The van der Waals surface area contributed by atoms with E-state index in [-0.39, 0.29) is 5.38 Å². The average molecular weight is 348 g/mol. The number of rotatable bonds is 3. The van der Waals surface area contributed by atoms with Gasteiger partial charge in [-0.1, -0.05) is 17.3 Å². The van der Waals surface area contributed by atoms with Crippen LogP contribution in [-0.4, -0.2) is 15.0 Å². The first kappa shape index (κ1) is 11.9. The van der Waals surface area contributed by atoms with E-state index in [0.717, 1.165) is 12.2 Å². The van der Waals surface area contributed by atoms with Crippen LogP contribution in [0.1, 0.15) is 23.6 Å². The summed E-state index contributed by atoms with van der Waals surface area (Å²) in [6, 6.07) is 8.34. The topological polar surface area (TPSA) is 30.7 Å². The van der Waals surface area contributed by atoms with Crippen molar-refractivity contribution in [1.29, 1.82) is 0 Å². The number of benzene rings is 1. The molecule has 1 aromatic heterocycles. The van der Waals surface area contributed by atoms with Crippen molar-refractivity contribution in [3.63, 3.8) is 0 Å². The Kier molecular flexibility index (Phi) is 3.81. The summed E-state index contributed by atoms with van der Waals surface area (Å²) < 4.78 is 3.03. The van der Waals surface area contributed by atoms with E-state index in [1.807, 2.05) is 13.1 Å². The largest absolute Gasteiger partial charge is 0.248 e. The number of halogens is 2. The summed E-state index contributed by atoms with van der Waals surface area (Å²) in [6.07, 6.45) is 1.88. The van der Waals surface area contributed by atoms with Gasteiger partial charge in [-0.05, 0) is 47.2 Å². The lowest BCUT2D eigenvalue weighted by atomic mass is 10.2. The molecule has 0 fully saturated rings. The van der Waals surface area contributed by atoms with Crippen molar-refractivity contribution in [2.45, 2.75) is 18.8 Å². The first-order chi connectivity index (χ1) is 7.65. The molecule has 0 N–H and O–H groups in total. The molecule has 0 bridgehead atoms. The first-order valence-electron chi connectivity index (χ1n) is 4.93. The molecule has 0 spiro atoms. The van der Waals surface area contributed by atoms with Gasteiger partial charge >= 0.3 is 0 Å². The highest BCUT2D eigenvalue weighted by Crippen LogP contribution is 2.16. The van der Waals surface area contributed by atoms with Crippen LogP contribution in [-0.2, 0) is 6.54 Å². The van der Waals surface area contributed by atoms with Gasteiger partial charge in [-0.15, -0.1) is 16.7 Å². The Balaban J connectivity index is 2.11. The average Bonchev–Trinajstić information content (AvgIpc) is 2.70. The molecule has 1 aromatic carbocycles. The fourth-order valence-electron chi connectivity index (χ4n) is 1.35. The van der Waals surface area contributed by atoms with Crippen LogP contribution in [0.3, 0.4) is 0 Å². The van der Waals surface area contributed by atoms with E-state index in [1.165, 1.54) is 9.13 Å². The van der Waals surface area contributed by atoms with Crippen LogP contribution in [0.15, 0.2) is 30.5 Å². The van der Waals surface area contributed by atoms with E-state index in [0.29, 0.717) is 0 Å². The maximum absolute atomic E-state index is 5.92. The molecule has 0 saturated carbocycles. The van der Waals surface area contributed by atoms with Crippen LogP contribution in [0, 0.1) is 3.57 Å². The van der Waals surface area contributed by atoms with Crippen LogP contribution in [0.4, 0.5) is 0 Å². The highest BCUT2D eigenvalue weighted by molar-refractivity contribution is 14.1. The van der Waals surface area contributed by atoms with E-state index >= 15 is 0 Å². The van der Waals surface area contributed by atoms with Crippen molar-refractivity contribution < 1.29 is 0 Å². The zero-order valence-corrected chi connectivity index (χ0v) is 11.7. The smallest absolute Gasteiger partial charge is 0.100 e. The Labute approximate surface area is 113 Å². The van der Waals surface area contributed by atoms with Gasteiger partial charge in [0, 0.05) is 3.57 Å². The molecule has 0 aliphatic rings. The predicted octanol–water partition coefficient (Wildman–Crippen LogP) is 3.23. The van der Waals surface area contributed by atoms with Gasteiger partial charge in [0.1, 0.15) is 5.69 Å². The molecule has 0 amide bonds. The SMILES string of the molecule is CC(Cl)c1cn(Cc2ccc(I)cc2)nn1. The second-order valence-corrected chi connectivity index (χ2v) is 5.48. The molecular weight excluding hydrogens is 336 g/mol. The van der Waals surface area contributed by atoms with E-state index in [1.54, 1.807) is 4.68 Å². The number of hydrogen-bond donors (Lipinski definition) is 0. The summed E-state index contributed by atoms with van der Waals surface area (Å²) >= 11 is 8.21. The quantitative estimate of drug-likeness (QED) is 0.630. The molecule has 2 rings (SSSR count). The first-order valence-corrected chi connectivity index (χ1v) is 6.45. The summed E-state index contributed by atoms with van der Waals surface area (Å²) in [5.41, 5.74) is 2.02.